The number of hydrogen-bond acceptors (Lipinski definition) is 10. The van der Waals surface area contributed by atoms with E-state index < -0.39 is 11.6 Å². The second-order valence-corrected chi connectivity index (χ2v) is 10.1. The molecular weight excluding hydrogens is 572 g/mol. The molecule has 0 spiro atoms. The molecule has 12 heteroatoms. The molecule has 2 aromatic carbocycles. The van der Waals surface area contributed by atoms with E-state index in [1.807, 2.05) is 42.2 Å². The SMILES string of the molecule is CCCOc1cnc(N(Cc2cc(OC)cc(OC)c2)[C@H]2C[C@@H](CC)N(C(=O)OCC)c3ccc(C)cc32)nc1.O=S=O. The molecule has 11 nitrogen and oxygen atoms in total. The zero-order valence-corrected chi connectivity index (χ0v) is 26.4. The normalized spacial score (nSPS) is 15.3. The second kappa shape index (κ2) is 16.4. The van der Waals surface area contributed by atoms with Crippen LogP contribution >= 0.6 is 0 Å². The monoisotopic (exact) mass is 612 g/mol. The molecule has 4 rings (SSSR count). The van der Waals surface area contributed by atoms with E-state index in [1.165, 1.54) is 0 Å². The number of carbonyl (C=O) groups is 1. The minimum absolute atomic E-state index is 0.0613. The summed E-state index contributed by atoms with van der Waals surface area (Å²) in [5, 5.41) is 0. The van der Waals surface area contributed by atoms with Crippen LogP contribution in [0.15, 0.2) is 48.8 Å². The number of aryl methyl sites for hydroxylation is 1. The van der Waals surface area contributed by atoms with Crippen molar-refractivity contribution in [3.05, 3.63) is 65.5 Å². The van der Waals surface area contributed by atoms with Crippen LogP contribution in [-0.4, -0.2) is 58.0 Å². The van der Waals surface area contributed by atoms with Crippen molar-refractivity contribution < 1.29 is 32.2 Å². The molecule has 0 fully saturated rings. The lowest BCUT2D eigenvalue weighted by Crippen LogP contribution is -2.48. The van der Waals surface area contributed by atoms with Gasteiger partial charge in [0.15, 0.2) is 5.75 Å². The summed E-state index contributed by atoms with van der Waals surface area (Å²) in [6, 6.07) is 11.9. The molecule has 0 N–H and O–H groups in total. The summed E-state index contributed by atoms with van der Waals surface area (Å²) in [5.74, 6) is 2.62. The van der Waals surface area contributed by atoms with Crippen LogP contribution < -0.4 is 24.0 Å². The summed E-state index contributed by atoms with van der Waals surface area (Å²) in [5.41, 5.74) is 3.97. The van der Waals surface area contributed by atoms with Gasteiger partial charge in [-0.05, 0) is 62.4 Å². The Bertz CT molecular complexity index is 1360. The molecule has 0 radical (unpaired) electrons. The van der Waals surface area contributed by atoms with Crippen LogP contribution in [0.3, 0.4) is 0 Å². The minimum Gasteiger partial charge on any atom is -0.497 e. The zero-order chi connectivity index (χ0) is 31.4. The molecule has 2 atom stereocenters. The van der Waals surface area contributed by atoms with Crippen LogP contribution in [-0.2, 0) is 22.9 Å². The third kappa shape index (κ3) is 8.44. The molecule has 0 unspecified atom stereocenters. The summed E-state index contributed by atoms with van der Waals surface area (Å²) >= 11 is -0.750. The number of aromatic nitrogens is 2. The fourth-order valence-electron chi connectivity index (χ4n) is 5.16. The van der Waals surface area contributed by atoms with Gasteiger partial charge in [0.1, 0.15) is 11.5 Å². The molecule has 3 aromatic rings. The van der Waals surface area contributed by atoms with E-state index in [0.29, 0.717) is 49.4 Å². The van der Waals surface area contributed by atoms with Gasteiger partial charge in [-0.1, -0.05) is 31.5 Å². The lowest BCUT2D eigenvalue weighted by Gasteiger charge is -2.44. The van der Waals surface area contributed by atoms with Gasteiger partial charge >= 0.3 is 17.7 Å². The Morgan fingerprint density at radius 1 is 1.00 bits per heavy atom. The highest BCUT2D eigenvalue weighted by molar-refractivity contribution is 7.51. The van der Waals surface area contributed by atoms with Gasteiger partial charge in [-0.2, -0.15) is 8.42 Å². The van der Waals surface area contributed by atoms with E-state index in [4.69, 9.17) is 37.3 Å². The number of fused-ring (bicyclic) bond motifs is 1. The van der Waals surface area contributed by atoms with Crippen LogP contribution in [0.4, 0.5) is 16.4 Å². The standard InChI is InChI=1S/C31H40N4O5.O2S/c1-7-12-40-26-18-32-30(33-19-26)34(20-22-14-24(37-5)17-25(15-22)38-6)29-16-23(8-2)35(31(36)39-9-3)28-11-10-21(4)13-27(28)29;1-3-2/h10-11,13-15,17-19,23,29H,7-9,12,16,20H2,1-6H3;/t23-,29+;/m1./s1. The molecule has 1 amide bonds. The Labute approximate surface area is 256 Å². The highest BCUT2D eigenvalue weighted by Crippen LogP contribution is 2.44. The quantitative estimate of drug-likeness (QED) is 0.262. The molecule has 1 aliphatic heterocycles. The maximum absolute atomic E-state index is 13.1. The Morgan fingerprint density at radius 3 is 2.21 bits per heavy atom. The second-order valence-electron chi connectivity index (χ2n) is 9.93. The van der Waals surface area contributed by atoms with Crippen LogP contribution in [0.1, 0.15) is 62.8 Å². The van der Waals surface area contributed by atoms with Crippen molar-refractivity contribution in [1.29, 1.82) is 0 Å². The van der Waals surface area contributed by atoms with Gasteiger partial charge in [-0.15, -0.1) is 0 Å². The van der Waals surface area contributed by atoms with Gasteiger partial charge < -0.3 is 23.8 Å². The highest BCUT2D eigenvalue weighted by Gasteiger charge is 2.39. The fraction of sp³-hybridized carbons (Fsp3) is 0.452. The molecule has 0 bridgehead atoms. The predicted molar refractivity (Wildman–Crippen MR) is 165 cm³/mol. The molecule has 1 aromatic heterocycles. The molecule has 0 saturated carbocycles. The molecular formula is C31H40N4O7S. The van der Waals surface area contributed by atoms with Crippen molar-refractivity contribution in [2.75, 3.05) is 37.2 Å². The summed E-state index contributed by atoms with van der Waals surface area (Å²) in [7, 11) is 3.29. The van der Waals surface area contributed by atoms with Crippen molar-refractivity contribution in [3.8, 4) is 17.2 Å². The summed E-state index contributed by atoms with van der Waals surface area (Å²) in [6.45, 7) is 9.47. The number of methoxy groups -OCH3 is 2. The van der Waals surface area contributed by atoms with Gasteiger partial charge in [0, 0.05) is 18.7 Å². The van der Waals surface area contributed by atoms with Crippen molar-refractivity contribution in [3.63, 3.8) is 0 Å². The highest BCUT2D eigenvalue weighted by atomic mass is 32.1. The zero-order valence-electron chi connectivity index (χ0n) is 25.6. The van der Waals surface area contributed by atoms with E-state index in [2.05, 4.69) is 31.7 Å². The number of nitrogens with zero attached hydrogens (tertiary/aromatic N) is 4. The summed E-state index contributed by atoms with van der Waals surface area (Å²) < 4.78 is 38.9. The molecule has 0 saturated heterocycles. The van der Waals surface area contributed by atoms with Crippen molar-refractivity contribution in [1.82, 2.24) is 9.97 Å². The van der Waals surface area contributed by atoms with E-state index in [9.17, 15) is 4.79 Å². The van der Waals surface area contributed by atoms with E-state index >= 15 is 0 Å². The average Bonchev–Trinajstić information content (AvgIpc) is 3.02. The summed E-state index contributed by atoms with van der Waals surface area (Å²) in [4.78, 5) is 26.6. The largest absolute Gasteiger partial charge is 0.497 e. The van der Waals surface area contributed by atoms with Crippen molar-refractivity contribution >= 4 is 29.3 Å². The first-order valence-corrected chi connectivity index (χ1v) is 14.9. The molecule has 2 heterocycles. The molecule has 0 aliphatic carbocycles. The van der Waals surface area contributed by atoms with E-state index in [-0.39, 0.29) is 18.2 Å². The lowest BCUT2D eigenvalue weighted by molar-refractivity contribution is 0.155. The Balaban J connectivity index is 0.00000162. The summed E-state index contributed by atoms with van der Waals surface area (Å²) in [6.07, 6.45) is 5.48. The number of rotatable bonds is 11. The number of anilines is 2. The van der Waals surface area contributed by atoms with Gasteiger partial charge in [0.2, 0.25) is 5.95 Å². The third-order valence-corrected chi connectivity index (χ3v) is 7.08. The van der Waals surface area contributed by atoms with Crippen molar-refractivity contribution in [2.45, 2.75) is 65.6 Å². The number of ether oxygens (including phenoxy) is 4. The number of hydrogen-bond donors (Lipinski definition) is 0. The van der Waals surface area contributed by atoms with Gasteiger partial charge in [-0.25, -0.2) is 14.8 Å². The Hall–Kier alpha value is -4.19. The third-order valence-electron chi connectivity index (χ3n) is 7.08. The van der Waals surface area contributed by atoms with Crippen LogP contribution in [0.25, 0.3) is 0 Å². The first kappa shape index (κ1) is 33.3. The van der Waals surface area contributed by atoms with Crippen molar-refractivity contribution in [2.24, 2.45) is 0 Å². The van der Waals surface area contributed by atoms with Crippen LogP contribution in [0.5, 0.6) is 17.2 Å². The van der Waals surface area contributed by atoms with Crippen LogP contribution in [0, 0.1) is 6.92 Å². The lowest BCUT2D eigenvalue weighted by atomic mass is 9.88. The van der Waals surface area contributed by atoms with E-state index in [1.54, 1.807) is 26.6 Å². The molecule has 1 aliphatic rings. The maximum Gasteiger partial charge on any atom is 0.414 e. The molecule has 43 heavy (non-hydrogen) atoms. The number of benzene rings is 2. The predicted octanol–water partition coefficient (Wildman–Crippen LogP) is 5.81. The smallest absolute Gasteiger partial charge is 0.414 e. The molecule has 232 valence electrons. The first-order chi connectivity index (χ1) is 20.8. The number of amides is 1. The van der Waals surface area contributed by atoms with Gasteiger partial charge in [-0.3, -0.25) is 4.90 Å². The van der Waals surface area contributed by atoms with Crippen LogP contribution in [0.2, 0.25) is 0 Å². The maximum atomic E-state index is 13.1. The minimum atomic E-state index is -0.750. The topological polar surface area (TPSA) is 120 Å². The Morgan fingerprint density at radius 2 is 1.65 bits per heavy atom. The van der Waals surface area contributed by atoms with Gasteiger partial charge in [0.05, 0.1) is 51.6 Å². The fourth-order valence-corrected chi connectivity index (χ4v) is 5.16. The van der Waals surface area contributed by atoms with E-state index in [0.717, 1.165) is 35.2 Å². The average molecular weight is 613 g/mol. The Kier molecular flexibility index (Phi) is 12.7. The van der Waals surface area contributed by atoms with Gasteiger partial charge in [0.25, 0.3) is 0 Å². The number of carbonyl (C=O) groups excluding carboxylic acids is 1. The first-order valence-electron chi connectivity index (χ1n) is 14.3.